The van der Waals surface area contributed by atoms with Crippen LogP contribution in [0.15, 0.2) is 30.3 Å². The Morgan fingerprint density at radius 3 is 2.53 bits per heavy atom. The van der Waals surface area contributed by atoms with Crippen LogP contribution in [0.2, 0.25) is 0 Å². The summed E-state index contributed by atoms with van der Waals surface area (Å²) in [6.07, 6.45) is 0.775. The van der Waals surface area contributed by atoms with E-state index in [0.717, 1.165) is 42.5 Å². The van der Waals surface area contributed by atoms with Crippen LogP contribution in [-0.2, 0) is 0 Å². The topological polar surface area (TPSA) is 78.8 Å². The number of pyridine rings is 2. The highest BCUT2D eigenvalue weighted by molar-refractivity contribution is 5.92. The van der Waals surface area contributed by atoms with Gasteiger partial charge in [0.05, 0.1) is 11.8 Å². The maximum atomic E-state index is 12.3. The summed E-state index contributed by atoms with van der Waals surface area (Å²) in [6.45, 7) is 5.59. The average molecular weight is 411 g/mol. The van der Waals surface area contributed by atoms with Crippen molar-refractivity contribution < 1.29 is 14.6 Å². The molecule has 1 amide bonds. The van der Waals surface area contributed by atoms with Crippen LogP contribution in [0.25, 0.3) is 0 Å². The van der Waals surface area contributed by atoms with E-state index in [1.807, 2.05) is 38.1 Å². The number of aromatic nitrogens is 2. The maximum absolute atomic E-state index is 12.3. The number of amides is 1. The van der Waals surface area contributed by atoms with Crippen molar-refractivity contribution in [2.45, 2.75) is 38.9 Å². The molecule has 30 heavy (non-hydrogen) atoms. The zero-order valence-corrected chi connectivity index (χ0v) is 18.1. The highest BCUT2D eigenvalue weighted by Gasteiger charge is 2.43. The Morgan fingerprint density at radius 1 is 1.10 bits per heavy atom. The molecule has 1 saturated heterocycles. The summed E-state index contributed by atoms with van der Waals surface area (Å²) in [5.41, 5.74) is 2.26. The third kappa shape index (κ3) is 4.12. The first-order valence-corrected chi connectivity index (χ1v) is 10.5. The van der Waals surface area contributed by atoms with Crippen LogP contribution < -0.4 is 9.64 Å². The zero-order chi connectivity index (χ0) is 21.4. The monoisotopic (exact) mass is 410 g/mol. The summed E-state index contributed by atoms with van der Waals surface area (Å²) >= 11 is 0. The fraction of sp³-hybridized carbons (Fsp3) is 0.522. The van der Waals surface area contributed by atoms with Gasteiger partial charge in [0.15, 0.2) is 0 Å². The lowest BCUT2D eigenvalue weighted by atomic mass is 9.78. The van der Waals surface area contributed by atoms with E-state index < -0.39 is 6.10 Å². The van der Waals surface area contributed by atoms with Crippen LogP contribution in [0.4, 0.5) is 5.82 Å². The molecule has 4 atom stereocenters. The van der Waals surface area contributed by atoms with Gasteiger partial charge >= 0.3 is 0 Å². The second-order valence-corrected chi connectivity index (χ2v) is 8.74. The van der Waals surface area contributed by atoms with E-state index in [2.05, 4.69) is 14.9 Å². The van der Waals surface area contributed by atoms with Crippen molar-refractivity contribution in [3.8, 4) is 5.75 Å². The van der Waals surface area contributed by atoms with Crippen molar-refractivity contribution in [3.05, 3.63) is 47.4 Å². The van der Waals surface area contributed by atoms with E-state index >= 15 is 0 Å². The highest BCUT2D eigenvalue weighted by atomic mass is 16.5. The minimum atomic E-state index is -0.499. The molecule has 0 spiro atoms. The molecule has 0 radical (unpaired) electrons. The van der Waals surface area contributed by atoms with Gasteiger partial charge in [-0.15, -0.1) is 0 Å². The summed E-state index contributed by atoms with van der Waals surface area (Å²) in [7, 11) is 3.46. The molecule has 3 heterocycles. The predicted octanol–water partition coefficient (Wildman–Crippen LogP) is 2.45. The minimum Gasteiger partial charge on any atom is -0.486 e. The number of hydrogen-bond acceptors (Lipinski definition) is 6. The van der Waals surface area contributed by atoms with Crippen LogP contribution in [-0.4, -0.2) is 65.3 Å². The van der Waals surface area contributed by atoms with Gasteiger partial charge in [-0.3, -0.25) is 9.78 Å². The van der Waals surface area contributed by atoms with Gasteiger partial charge in [-0.2, -0.15) is 0 Å². The molecule has 2 fully saturated rings. The smallest absolute Gasteiger partial charge is 0.272 e. The zero-order valence-electron chi connectivity index (χ0n) is 18.1. The van der Waals surface area contributed by atoms with E-state index in [1.165, 1.54) is 4.90 Å². The van der Waals surface area contributed by atoms with Gasteiger partial charge in [-0.1, -0.05) is 6.07 Å². The summed E-state index contributed by atoms with van der Waals surface area (Å²) < 4.78 is 6.18. The fourth-order valence-corrected chi connectivity index (χ4v) is 4.61. The second kappa shape index (κ2) is 8.22. The highest BCUT2D eigenvalue weighted by Crippen LogP contribution is 2.39. The SMILES string of the molecule is Cc1ccc(O[C@@H]2C[C@@H]3CN(c4cccc(C(=O)N(C)C)n4)C[C@@H]3C[C@H]2O)c(C)n1. The molecule has 0 aromatic carbocycles. The number of aliphatic hydroxyl groups excluding tert-OH is 1. The first-order chi connectivity index (χ1) is 14.3. The van der Waals surface area contributed by atoms with Crippen molar-refractivity contribution in [3.63, 3.8) is 0 Å². The molecule has 1 saturated carbocycles. The van der Waals surface area contributed by atoms with Crippen molar-refractivity contribution in [2.75, 3.05) is 32.1 Å². The van der Waals surface area contributed by atoms with Gasteiger partial charge < -0.3 is 19.6 Å². The molecule has 1 aliphatic carbocycles. The lowest BCUT2D eigenvalue weighted by Crippen LogP contribution is -2.42. The molecule has 2 aromatic rings. The van der Waals surface area contributed by atoms with E-state index in [4.69, 9.17) is 4.74 Å². The first-order valence-electron chi connectivity index (χ1n) is 10.5. The molecular formula is C23H30N4O3. The number of aliphatic hydroxyl groups is 1. The van der Waals surface area contributed by atoms with Gasteiger partial charge in [-0.25, -0.2) is 4.98 Å². The number of fused-ring (bicyclic) bond motifs is 1. The molecule has 0 unspecified atom stereocenters. The summed E-state index contributed by atoms with van der Waals surface area (Å²) in [6, 6.07) is 9.46. The molecule has 4 rings (SSSR count). The third-order valence-electron chi connectivity index (χ3n) is 6.22. The molecule has 1 N–H and O–H groups in total. The number of nitrogens with zero attached hydrogens (tertiary/aromatic N) is 4. The van der Waals surface area contributed by atoms with Crippen LogP contribution in [0.3, 0.4) is 0 Å². The molecule has 7 nitrogen and oxygen atoms in total. The molecule has 0 bridgehead atoms. The molecule has 2 aliphatic rings. The molecular weight excluding hydrogens is 380 g/mol. The van der Waals surface area contributed by atoms with Crippen molar-refractivity contribution in [2.24, 2.45) is 11.8 Å². The Balaban J connectivity index is 1.45. The summed E-state index contributed by atoms with van der Waals surface area (Å²) in [5, 5.41) is 10.7. The van der Waals surface area contributed by atoms with Crippen molar-refractivity contribution in [1.82, 2.24) is 14.9 Å². The van der Waals surface area contributed by atoms with Gasteiger partial charge in [0.2, 0.25) is 0 Å². The maximum Gasteiger partial charge on any atom is 0.272 e. The van der Waals surface area contributed by atoms with Gasteiger partial charge in [0.1, 0.15) is 23.4 Å². The summed E-state index contributed by atoms with van der Waals surface area (Å²) in [5.74, 6) is 2.29. The standard InChI is InChI=1S/C23H30N4O3/c1-14-8-9-20(15(2)24-14)30-21-11-17-13-27(12-16(17)10-19(21)28)22-7-5-6-18(25-22)23(29)26(3)4/h5-9,16-17,19,21,28H,10-13H2,1-4H3/t16-,17+,19+,21+/m0/s1. The lowest BCUT2D eigenvalue weighted by Gasteiger charge is -2.35. The minimum absolute atomic E-state index is 0.0978. The number of aryl methyl sites for hydroxylation is 2. The van der Waals surface area contributed by atoms with Crippen LogP contribution in [0.1, 0.15) is 34.7 Å². The predicted molar refractivity (Wildman–Crippen MR) is 115 cm³/mol. The Bertz CT molecular complexity index is 932. The van der Waals surface area contributed by atoms with Gasteiger partial charge in [-0.05, 0) is 62.8 Å². The van der Waals surface area contributed by atoms with Gasteiger partial charge in [0.25, 0.3) is 5.91 Å². The van der Waals surface area contributed by atoms with Crippen LogP contribution >= 0.6 is 0 Å². The number of rotatable bonds is 4. The largest absolute Gasteiger partial charge is 0.486 e. The summed E-state index contributed by atoms with van der Waals surface area (Å²) in [4.78, 5) is 25.1. The van der Waals surface area contributed by atoms with E-state index in [-0.39, 0.29) is 12.0 Å². The molecule has 160 valence electrons. The molecule has 1 aliphatic heterocycles. The van der Waals surface area contributed by atoms with E-state index in [1.54, 1.807) is 20.2 Å². The van der Waals surface area contributed by atoms with Crippen molar-refractivity contribution >= 4 is 11.7 Å². The number of ether oxygens (including phenoxy) is 1. The van der Waals surface area contributed by atoms with Crippen molar-refractivity contribution in [1.29, 1.82) is 0 Å². The normalized spacial score (nSPS) is 25.7. The number of carbonyl (C=O) groups excluding carboxylic acids is 1. The van der Waals surface area contributed by atoms with Gasteiger partial charge in [0, 0.05) is 32.9 Å². The lowest BCUT2D eigenvalue weighted by molar-refractivity contribution is -0.0236. The number of hydrogen-bond donors (Lipinski definition) is 1. The van der Waals surface area contributed by atoms with Crippen LogP contribution in [0.5, 0.6) is 5.75 Å². The van der Waals surface area contributed by atoms with Crippen LogP contribution in [0, 0.1) is 25.7 Å². The second-order valence-electron chi connectivity index (χ2n) is 8.74. The molecule has 2 aromatic heterocycles. The average Bonchev–Trinajstić information content (AvgIpc) is 3.12. The third-order valence-corrected chi connectivity index (χ3v) is 6.22. The Labute approximate surface area is 177 Å². The Hall–Kier alpha value is -2.67. The first kappa shape index (κ1) is 20.6. The Kier molecular flexibility index (Phi) is 5.64. The van der Waals surface area contributed by atoms with E-state index in [9.17, 15) is 9.90 Å². The fourth-order valence-electron chi connectivity index (χ4n) is 4.61. The quantitative estimate of drug-likeness (QED) is 0.834. The number of anilines is 1. The number of carbonyl (C=O) groups is 1. The van der Waals surface area contributed by atoms with E-state index in [0.29, 0.717) is 24.0 Å². The molecule has 7 heteroatoms. The Morgan fingerprint density at radius 2 is 1.83 bits per heavy atom.